The van der Waals surface area contributed by atoms with Crippen LogP contribution in [0.3, 0.4) is 0 Å². The van der Waals surface area contributed by atoms with E-state index in [4.69, 9.17) is 0 Å². The molecule has 5 heteroatoms. The van der Waals surface area contributed by atoms with Crippen molar-refractivity contribution >= 4 is 0 Å². The molecule has 0 radical (unpaired) electrons. The Morgan fingerprint density at radius 3 is 3.00 bits per heavy atom. The summed E-state index contributed by atoms with van der Waals surface area (Å²) in [6.45, 7) is 4.01. The molecule has 5 nitrogen and oxygen atoms in total. The third kappa shape index (κ3) is 1.32. The molecule has 0 aliphatic carbocycles. The standard InChI is InChI=1S/C8H11N5/c1-3-7-11-9-5-13(7)8-4-6(2)10-12-8/h4-5H,3H2,1-2H3,(H,10,12). The molecular weight excluding hydrogens is 166 g/mol. The van der Waals surface area contributed by atoms with Crippen molar-refractivity contribution in [3.05, 3.63) is 23.9 Å². The molecule has 13 heavy (non-hydrogen) atoms. The third-order valence-electron chi connectivity index (χ3n) is 1.87. The van der Waals surface area contributed by atoms with Gasteiger partial charge in [-0.2, -0.15) is 5.10 Å². The van der Waals surface area contributed by atoms with Crippen LogP contribution in [0.1, 0.15) is 18.4 Å². The van der Waals surface area contributed by atoms with E-state index in [1.807, 2.05) is 24.5 Å². The Labute approximate surface area is 75.8 Å². The maximum absolute atomic E-state index is 4.12. The molecule has 68 valence electrons. The van der Waals surface area contributed by atoms with E-state index in [1.54, 1.807) is 6.33 Å². The van der Waals surface area contributed by atoms with E-state index < -0.39 is 0 Å². The van der Waals surface area contributed by atoms with Gasteiger partial charge >= 0.3 is 0 Å². The number of nitrogens with one attached hydrogen (secondary N) is 1. The minimum atomic E-state index is 0.847. The van der Waals surface area contributed by atoms with Gasteiger partial charge in [-0.3, -0.25) is 9.67 Å². The minimum Gasteiger partial charge on any atom is -0.281 e. The Kier molecular flexibility index (Phi) is 1.84. The molecule has 2 heterocycles. The number of hydrogen-bond donors (Lipinski definition) is 1. The zero-order chi connectivity index (χ0) is 9.26. The van der Waals surface area contributed by atoms with Crippen LogP contribution in [-0.2, 0) is 6.42 Å². The Morgan fingerprint density at radius 1 is 1.54 bits per heavy atom. The van der Waals surface area contributed by atoms with Crippen molar-refractivity contribution in [3.63, 3.8) is 0 Å². The van der Waals surface area contributed by atoms with Crippen molar-refractivity contribution in [1.82, 2.24) is 25.0 Å². The zero-order valence-corrected chi connectivity index (χ0v) is 7.65. The van der Waals surface area contributed by atoms with Crippen molar-refractivity contribution in [2.24, 2.45) is 0 Å². The molecule has 0 saturated carbocycles. The predicted octanol–water partition coefficient (Wildman–Crippen LogP) is 0.861. The second kappa shape index (κ2) is 3.01. The molecule has 0 atom stereocenters. The van der Waals surface area contributed by atoms with Crippen LogP contribution in [0, 0.1) is 6.92 Å². The SMILES string of the molecule is CCc1nncn1-c1cc(C)[nH]n1. The lowest BCUT2D eigenvalue weighted by Gasteiger charge is -1.97. The van der Waals surface area contributed by atoms with Crippen molar-refractivity contribution in [1.29, 1.82) is 0 Å². The van der Waals surface area contributed by atoms with E-state index in [2.05, 4.69) is 20.4 Å². The van der Waals surface area contributed by atoms with Gasteiger partial charge in [0.25, 0.3) is 0 Å². The van der Waals surface area contributed by atoms with Gasteiger partial charge in [-0.25, -0.2) is 0 Å². The number of aromatic nitrogens is 5. The summed E-state index contributed by atoms with van der Waals surface area (Å²) in [5.74, 6) is 1.77. The van der Waals surface area contributed by atoms with Crippen molar-refractivity contribution in [2.75, 3.05) is 0 Å². The maximum Gasteiger partial charge on any atom is 0.161 e. The number of nitrogens with zero attached hydrogens (tertiary/aromatic N) is 4. The van der Waals surface area contributed by atoms with Crippen molar-refractivity contribution < 1.29 is 0 Å². The fourth-order valence-electron chi connectivity index (χ4n) is 1.22. The molecule has 2 aromatic rings. The van der Waals surface area contributed by atoms with E-state index >= 15 is 0 Å². The number of hydrogen-bond acceptors (Lipinski definition) is 3. The van der Waals surface area contributed by atoms with Crippen LogP contribution in [0.5, 0.6) is 0 Å². The van der Waals surface area contributed by atoms with Crippen LogP contribution in [0.4, 0.5) is 0 Å². The second-order valence-electron chi connectivity index (χ2n) is 2.88. The van der Waals surface area contributed by atoms with Crippen LogP contribution in [0.2, 0.25) is 0 Å². The highest BCUT2D eigenvalue weighted by Gasteiger charge is 2.05. The lowest BCUT2D eigenvalue weighted by atomic mass is 10.4. The predicted molar refractivity (Wildman–Crippen MR) is 47.6 cm³/mol. The van der Waals surface area contributed by atoms with Crippen LogP contribution in [0.15, 0.2) is 12.4 Å². The second-order valence-corrected chi connectivity index (χ2v) is 2.88. The fraction of sp³-hybridized carbons (Fsp3) is 0.375. The molecular formula is C8H11N5. The average Bonchev–Trinajstić information content (AvgIpc) is 2.71. The summed E-state index contributed by atoms with van der Waals surface area (Å²) in [7, 11) is 0. The largest absolute Gasteiger partial charge is 0.281 e. The topological polar surface area (TPSA) is 59.4 Å². The molecule has 0 aromatic carbocycles. The first-order valence-electron chi connectivity index (χ1n) is 4.22. The highest BCUT2D eigenvalue weighted by molar-refractivity contribution is 5.24. The molecule has 1 N–H and O–H groups in total. The first-order chi connectivity index (χ1) is 6.31. The van der Waals surface area contributed by atoms with Crippen LogP contribution in [0.25, 0.3) is 5.82 Å². The van der Waals surface area contributed by atoms with Gasteiger partial charge in [0.05, 0.1) is 0 Å². The summed E-state index contributed by atoms with van der Waals surface area (Å²) >= 11 is 0. The number of aryl methyl sites for hydroxylation is 2. The van der Waals surface area contributed by atoms with Gasteiger partial charge in [-0.15, -0.1) is 10.2 Å². The van der Waals surface area contributed by atoms with E-state index in [0.717, 1.165) is 23.8 Å². The molecule has 0 aliphatic rings. The highest BCUT2D eigenvalue weighted by Crippen LogP contribution is 2.07. The van der Waals surface area contributed by atoms with Crippen LogP contribution >= 0.6 is 0 Å². The number of aromatic amines is 1. The zero-order valence-electron chi connectivity index (χ0n) is 7.65. The van der Waals surface area contributed by atoms with Crippen molar-refractivity contribution in [3.8, 4) is 5.82 Å². The molecule has 0 aliphatic heterocycles. The van der Waals surface area contributed by atoms with Gasteiger partial charge in [0.1, 0.15) is 12.2 Å². The molecule has 0 fully saturated rings. The molecule has 0 spiro atoms. The monoisotopic (exact) mass is 177 g/mol. The highest BCUT2D eigenvalue weighted by atomic mass is 15.3. The van der Waals surface area contributed by atoms with Gasteiger partial charge in [0.2, 0.25) is 0 Å². The summed E-state index contributed by atoms with van der Waals surface area (Å²) in [6.07, 6.45) is 2.53. The summed E-state index contributed by atoms with van der Waals surface area (Å²) in [4.78, 5) is 0. The van der Waals surface area contributed by atoms with Crippen LogP contribution < -0.4 is 0 Å². The molecule has 2 aromatic heterocycles. The Balaban J connectivity index is 2.45. The average molecular weight is 177 g/mol. The lowest BCUT2D eigenvalue weighted by molar-refractivity contribution is 0.854. The van der Waals surface area contributed by atoms with Gasteiger partial charge in [-0.1, -0.05) is 6.92 Å². The van der Waals surface area contributed by atoms with Gasteiger partial charge in [-0.05, 0) is 6.92 Å². The summed E-state index contributed by atoms with van der Waals surface area (Å²) in [5, 5.41) is 14.8. The lowest BCUT2D eigenvalue weighted by Crippen LogP contribution is -1.98. The van der Waals surface area contributed by atoms with E-state index in [-0.39, 0.29) is 0 Å². The summed E-state index contributed by atoms with van der Waals surface area (Å²) < 4.78 is 1.88. The quantitative estimate of drug-likeness (QED) is 0.740. The number of H-pyrrole nitrogens is 1. The fourth-order valence-corrected chi connectivity index (χ4v) is 1.22. The van der Waals surface area contributed by atoms with E-state index in [9.17, 15) is 0 Å². The molecule has 0 bridgehead atoms. The Bertz CT molecular complexity index is 400. The van der Waals surface area contributed by atoms with Gasteiger partial charge in [0.15, 0.2) is 5.82 Å². The maximum atomic E-state index is 4.12. The summed E-state index contributed by atoms with van der Waals surface area (Å²) in [6, 6.07) is 1.96. The first-order valence-corrected chi connectivity index (χ1v) is 4.22. The molecule has 0 unspecified atom stereocenters. The first kappa shape index (κ1) is 7.97. The van der Waals surface area contributed by atoms with E-state index in [0.29, 0.717) is 0 Å². The van der Waals surface area contributed by atoms with Gasteiger partial charge < -0.3 is 0 Å². The molecule has 2 rings (SSSR count). The van der Waals surface area contributed by atoms with E-state index in [1.165, 1.54) is 0 Å². The molecule has 0 amide bonds. The Morgan fingerprint density at radius 2 is 2.38 bits per heavy atom. The molecule has 0 saturated heterocycles. The van der Waals surface area contributed by atoms with Gasteiger partial charge in [0, 0.05) is 18.2 Å². The summed E-state index contributed by atoms with van der Waals surface area (Å²) in [5.41, 5.74) is 1.03. The van der Waals surface area contributed by atoms with Crippen LogP contribution in [-0.4, -0.2) is 25.0 Å². The van der Waals surface area contributed by atoms with Crippen molar-refractivity contribution in [2.45, 2.75) is 20.3 Å². The minimum absolute atomic E-state index is 0.847. The normalized spacial score (nSPS) is 10.6. The third-order valence-corrected chi connectivity index (χ3v) is 1.87. The Hall–Kier alpha value is -1.65. The number of rotatable bonds is 2. The smallest absolute Gasteiger partial charge is 0.161 e.